The lowest BCUT2D eigenvalue weighted by atomic mass is 9.77. The van der Waals surface area contributed by atoms with Crippen LogP contribution < -0.4 is 11.3 Å². The highest BCUT2D eigenvalue weighted by atomic mass is 15.2. The number of benzene rings is 1. The average molecular weight is 254 g/mol. The minimum absolute atomic E-state index is 0.141. The summed E-state index contributed by atoms with van der Waals surface area (Å²) >= 11 is 0. The minimum atomic E-state index is -0.141. The molecule has 1 aromatic carbocycles. The molecule has 2 aromatic rings. The van der Waals surface area contributed by atoms with Crippen LogP contribution in [0.5, 0.6) is 0 Å². The largest absolute Gasteiger partial charge is 0.270 e. The van der Waals surface area contributed by atoms with Crippen molar-refractivity contribution in [2.75, 3.05) is 0 Å². The van der Waals surface area contributed by atoms with Crippen LogP contribution in [0.15, 0.2) is 42.7 Å². The van der Waals surface area contributed by atoms with Gasteiger partial charge in [0.2, 0.25) is 0 Å². The Balaban J connectivity index is 1.99. The smallest absolute Gasteiger partial charge is 0.150 e. The fourth-order valence-corrected chi connectivity index (χ4v) is 2.63. The van der Waals surface area contributed by atoms with Gasteiger partial charge in [-0.05, 0) is 36.0 Å². The van der Waals surface area contributed by atoms with Crippen molar-refractivity contribution < 1.29 is 0 Å². The van der Waals surface area contributed by atoms with Crippen LogP contribution in [-0.4, -0.2) is 9.97 Å². The highest BCUT2D eigenvalue weighted by Crippen LogP contribution is 2.39. The van der Waals surface area contributed by atoms with E-state index in [1.807, 2.05) is 12.1 Å². The Labute approximate surface area is 113 Å². The molecule has 1 aromatic heterocycles. The first-order chi connectivity index (χ1) is 9.40. The summed E-state index contributed by atoms with van der Waals surface area (Å²) in [5.74, 6) is 7.12. The van der Waals surface area contributed by atoms with Gasteiger partial charge in [0.15, 0.2) is 5.82 Å². The predicted molar refractivity (Wildman–Crippen MR) is 74.2 cm³/mol. The number of aromatic nitrogens is 2. The van der Waals surface area contributed by atoms with Crippen molar-refractivity contribution >= 4 is 0 Å². The van der Waals surface area contributed by atoms with E-state index in [1.165, 1.54) is 30.4 Å². The first-order valence-electron chi connectivity index (χ1n) is 6.72. The molecule has 1 heterocycles. The van der Waals surface area contributed by atoms with Crippen molar-refractivity contribution in [2.45, 2.75) is 31.2 Å². The van der Waals surface area contributed by atoms with Crippen LogP contribution in [-0.2, 0) is 0 Å². The average Bonchev–Trinajstić information content (AvgIpc) is 2.41. The van der Waals surface area contributed by atoms with E-state index >= 15 is 0 Å². The Bertz CT molecular complexity index is 537. The molecule has 0 amide bonds. The minimum Gasteiger partial charge on any atom is -0.270 e. The SMILES string of the molecule is NNC(c1ncccn1)c1ccccc1C1CCC1. The zero-order valence-corrected chi connectivity index (χ0v) is 10.8. The number of hydrazine groups is 1. The molecule has 0 aliphatic heterocycles. The maximum absolute atomic E-state index is 5.74. The molecule has 1 atom stereocenters. The zero-order valence-electron chi connectivity index (χ0n) is 10.8. The quantitative estimate of drug-likeness (QED) is 0.649. The van der Waals surface area contributed by atoms with Gasteiger partial charge in [-0.25, -0.2) is 15.4 Å². The Morgan fingerprint density at radius 2 is 1.84 bits per heavy atom. The lowest BCUT2D eigenvalue weighted by molar-refractivity contribution is 0.413. The summed E-state index contributed by atoms with van der Waals surface area (Å²) in [7, 11) is 0. The number of hydrogen-bond donors (Lipinski definition) is 2. The molecule has 98 valence electrons. The monoisotopic (exact) mass is 254 g/mol. The molecule has 3 N–H and O–H groups in total. The van der Waals surface area contributed by atoms with Gasteiger partial charge in [0, 0.05) is 12.4 Å². The fraction of sp³-hybridized carbons (Fsp3) is 0.333. The van der Waals surface area contributed by atoms with E-state index in [1.54, 1.807) is 12.4 Å². The van der Waals surface area contributed by atoms with Crippen molar-refractivity contribution in [1.29, 1.82) is 0 Å². The third-order valence-corrected chi connectivity index (χ3v) is 3.86. The lowest BCUT2D eigenvalue weighted by Gasteiger charge is -2.30. The van der Waals surface area contributed by atoms with Crippen LogP contribution in [0.3, 0.4) is 0 Å². The van der Waals surface area contributed by atoms with E-state index < -0.39 is 0 Å². The van der Waals surface area contributed by atoms with Crippen molar-refractivity contribution in [3.63, 3.8) is 0 Å². The molecule has 1 saturated carbocycles. The molecule has 1 aliphatic rings. The standard InChI is InChI=1S/C15H18N4/c16-19-14(15-17-9-4-10-18-15)13-8-2-1-7-12(13)11-5-3-6-11/h1-2,4,7-11,14,19H,3,5-6,16H2. The molecule has 0 bridgehead atoms. The zero-order chi connectivity index (χ0) is 13.1. The second-order valence-electron chi connectivity index (χ2n) is 4.96. The van der Waals surface area contributed by atoms with Crippen LogP contribution in [0.2, 0.25) is 0 Å². The second kappa shape index (κ2) is 5.47. The molecule has 0 radical (unpaired) electrons. The van der Waals surface area contributed by atoms with Gasteiger partial charge in [-0.3, -0.25) is 5.84 Å². The summed E-state index contributed by atoms with van der Waals surface area (Å²) in [6, 6.07) is 10.1. The van der Waals surface area contributed by atoms with Crippen LogP contribution in [0, 0.1) is 0 Å². The lowest BCUT2D eigenvalue weighted by Crippen LogP contribution is -2.31. The van der Waals surface area contributed by atoms with E-state index in [0.717, 1.165) is 5.82 Å². The van der Waals surface area contributed by atoms with E-state index in [4.69, 9.17) is 5.84 Å². The molecular weight excluding hydrogens is 236 g/mol. The van der Waals surface area contributed by atoms with Crippen molar-refractivity contribution in [3.8, 4) is 0 Å². The van der Waals surface area contributed by atoms with Gasteiger partial charge in [0.1, 0.15) is 6.04 Å². The second-order valence-corrected chi connectivity index (χ2v) is 4.96. The summed E-state index contributed by atoms with van der Waals surface area (Å²) in [4.78, 5) is 8.63. The third-order valence-electron chi connectivity index (χ3n) is 3.86. The number of rotatable bonds is 4. The predicted octanol–water partition coefficient (Wildman–Crippen LogP) is 2.30. The molecule has 1 aliphatic carbocycles. The van der Waals surface area contributed by atoms with Crippen molar-refractivity contribution in [2.24, 2.45) is 5.84 Å². The van der Waals surface area contributed by atoms with Gasteiger partial charge in [0.25, 0.3) is 0 Å². The summed E-state index contributed by atoms with van der Waals surface area (Å²) in [6.07, 6.45) is 7.35. The van der Waals surface area contributed by atoms with E-state index in [0.29, 0.717) is 5.92 Å². The van der Waals surface area contributed by atoms with Gasteiger partial charge in [-0.2, -0.15) is 0 Å². The molecule has 19 heavy (non-hydrogen) atoms. The van der Waals surface area contributed by atoms with Crippen LogP contribution >= 0.6 is 0 Å². The van der Waals surface area contributed by atoms with Crippen molar-refractivity contribution in [3.05, 3.63) is 59.7 Å². The Kier molecular flexibility index (Phi) is 3.53. The summed E-state index contributed by atoms with van der Waals surface area (Å²) < 4.78 is 0. The first-order valence-corrected chi connectivity index (χ1v) is 6.72. The van der Waals surface area contributed by atoms with Gasteiger partial charge in [-0.15, -0.1) is 0 Å². The highest BCUT2D eigenvalue weighted by molar-refractivity contribution is 5.36. The van der Waals surface area contributed by atoms with E-state index in [-0.39, 0.29) is 6.04 Å². The molecule has 0 saturated heterocycles. The molecule has 0 spiro atoms. The fourth-order valence-electron chi connectivity index (χ4n) is 2.63. The van der Waals surface area contributed by atoms with E-state index in [9.17, 15) is 0 Å². The Morgan fingerprint density at radius 3 is 2.47 bits per heavy atom. The molecule has 4 heteroatoms. The molecule has 1 unspecified atom stereocenters. The number of nitrogens with two attached hydrogens (primary N) is 1. The van der Waals surface area contributed by atoms with Crippen LogP contribution in [0.1, 0.15) is 48.2 Å². The van der Waals surface area contributed by atoms with Gasteiger partial charge >= 0.3 is 0 Å². The van der Waals surface area contributed by atoms with E-state index in [2.05, 4.69) is 33.6 Å². The third kappa shape index (κ3) is 2.37. The topological polar surface area (TPSA) is 63.8 Å². The molecule has 3 rings (SSSR count). The molecular formula is C15H18N4. The number of nitrogens with zero attached hydrogens (tertiary/aromatic N) is 2. The maximum atomic E-state index is 5.74. The number of hydrogen-bond acceptors (Lipinski definition) is 4. The van der Waals surface area contributed by atoms with Gasteiger partial charge in [0.05, 0.1) is 0 Å². The first kappa shape index (κ1) is 12.3. The van der Waals surface area contributed by atoms with Gasteiger partial charge in [-0.1, -0.05) is 30.7 Å². The molecule has 4 nitrogen and oxygen atoms in total. The summed E-state index contributed by atoms with van der Waals surface area (Å²) in [5.41, 5.74) is 5.43. The summed E-state index contributed by atoms with van der Waals surface area (Å²) in [6.45, 7) is 0. The van der Waals surface area contributed by atoms with Crippen LogP contribution in [0.25, 0.3) is 0 Å². The summed E-state index contributed by atoms with van der Waals surface area (Å²) in [5, 5.41) is 0. The maximum Gasteiger partial charge on any atom is 0.150 e. The Morgan fingerprint density at radius 1 is 1.11 bits per heavy atom. The Hall–Kier alpha value is -1.78. The molecule has 1 fully saturated rings. The van der Waals surface area contributed by atoms with Crippen molar-refractivity contribution in [1.82, 2.24) is 15.4 Å². The van der Waals surface area contributed by atoms with Crippen LogP contribution in [0.4, 0.5) is 0 Å². The highest BCUT2D eigenvalue weighted by Gasteiger charge is 2.26. The van der Waals surface area contributed by atoms with Gasteiger partial charge < -0.3 is 0 Å². The number of nitrogens with one attached hydrogen (secondary N) is 1. The normalized spacial score (nSPS) is 16.9.